The van der Waals surface area contributed by atoms with Crippen molar-refractivity contribution in [1.29, 1.82) is 0 Å². The van der Waals surface area contributed by atoms with Crippen LogP contribution in [0.3, 0.4) is 0 Å². The molecule has 1 aliphatic rings. The van der Waals surface area contributed by atoms with Crippen LogP contribution in [-0.4, -0.2) is 29.6 Å². The van der Waals surface area contributed by atoms with Gasteiger partial charge in [0.25, 0.3) is 0 Å². The van der Waals surface area contributed by atoms with Crippen LogP contribution >= 0.6 is 0 Å². The number of methoxy groups -OCH3 is 1. The second kappa shape index (κ2) is 6.88. The predicted molar refractivity (Wildman–Crippen MR) is 72.7 cm³/mol. The zero-order valence-corrected chi connectivity index (χ0v) is 11.8. The highest BCUT2D eigenvalue weighted by Crippen LogP contribution is 2.30. The largest absolute Gasteiger partial charge is 0.493 e. The zero-order valence-electron chi connectivity index (χ0n) is 11.8. The highest BCUT2D eigenvalue weighted by Gasteiger charge is 2.26. The van der Waals surface area contributed by atoms with Crippen molar-refractivity contribution in [3.05, 3.63) is 11.9 Å². The molecule has 3 N–H and O–H groups in total. The fourth-order valence-corrected chi connectivity index (χ4v) is 2.63. The van der Waals surface area contributed by atoms with E-state index < -0.39 is 0 Å². The van der Waals surface area contributed by atoms with Crippen molar-refractivity contribution >= 4 is 0 Å². The van der Waals surface area contributed by atoms with E-state index in [9.17, 15) is 0 Å². The van der Waals surface area contributed by atoms with Crippen molar-refractivity contribution < 1.29 is 9.47 Å². The highest BCUT2D eigenvalue weighted by molar-refractivity contribution is 5.28. The maximum Gasteiger partial charge on any atom is 0.161 e. The second-order valence-electron chi connectivity index (χ2n) is 4.91. The standard InChI is InChI=1S/C13H24N4O2/c1-3-6-17-13(12(18-2)9-15-17)11(16-14)8-10-5-4-7-19-10/h9-11,16H,3-8,14H2,1-2H3. The van der Waals surface area contributed by atoms with E-state index in [-0.39, 0.29) is 12.1 Å². The number of nitrogens with one attached hydrogen (secondary N) is 1. The van der Waals surface area contributed by atoms with Crippen molar-refractivity contribution in [2.75, 3.05) is 13.7 Å². The second-order valence-corrected chi connectivity index (χ2v) is 4.91. The number of hydrazine groups is 1. The molecule has 2 heterocycles. The van der Waals surface area contributed by atoms with E-state index in [1.807, 2.05) is 4.68 Å². The van der Waals surface area contributed by atoms with Crippen LogP contribution in [0.25, 0.3) is 0 Å². The quantitative estimate of drug-likeness (QED) is 0.577. The number of aromatic nitrogens is 2. The van der Waals surface area contributed by atoms with Gasteiger partial charge in [-0.2, -0.15) is 5.10 Å². The number of nitrogens with two attached hydrogens (primary N) is 1. The summed E-state index contributed by atoms with van der Waals surface area (Å²) < 4.78 is 13.1. The molecule has 1 aromatic heterocycles. The molecule has 0 bridgehead atoms. The maximum absolute atomic E-state index is 5.73. The summed E-state index contributed by atoms with van der Waals surface area (Å²) in [6.07, 6.45) is 6.13. The summed E-state index contributed by atoms with van der Waals surface area (Å²) in [5.41, 5.74) is 3.90. The lowest BCUT2D eigenvalue weighted by Crippen LogP contribution is -2.33. The summed E-state index contributed by atoms with van der Waals surface area (Å²) in [5.74, 6) is 6.51. The molecular formula is C13H24N4O2. The van der Waals surface area contributed by atoms with Gasteiger partial charge in [0, 0.05) is 13.2 Å². The molecule has 1 saturated heterocycles. The third-order valence-corrected chi connectivity index (χ3v) is 3.55. The molecule has 108 valence electrons. The Morgan fingerprint density at radius 3 is 3.11 bits per heavy atom. The molecule has 19 heavy (non-hydrogen) atoms. The van der Waals surface area contributed by atoms with Crippen LogP contribution in [0.1, 0.15) is 44.3 Å². The molecule has 0 amide bonds. The Kier molecular flexibility index (Phi) is 5.18. The van der Waals surface area contributed by atoms with Gasteiger partial charge in [-0.05, 0) is 25.7 Å². The molecule has 0 saturated carbocycles. The minimum absolute atomic E-state index is 0.00657. The number of nitrogens with zero attached hydrogens (tertiary/aromatic N) is 2. The zero-order chi connectivity index (χ0) is 13.7. The van der Waals surface area contributed by atoms with E-state index in [0.717, 1.165) is 50.3 Å². The smallest absolute Gasteiger partial charge is 0.161 e. The van der Waals surface area contributed by atoms with Crippen LogP contribution in [-0.2, 0) is 11.3 Å². The summed E-state index contributed by atoms with van der Waals surface area (Å²) in [6.45, 7) is 3.85. The van der Waals surface area contributed by atoms with Crippen LogP contribution in [0.15, 0.2) is 6.20 Å². The Hall–Kier alpha value is -1.11. The van der Waals surface area contributed by atoms with Gasteiger partial charge in [0.15, 0.2) is 5.75 Å². The molecule has 1 aliphatic heterocycles. The third-order valence-electron chi connectivity index (χ3n) is 3.55. The molecule has 0 aliphatic carbocycles. The highest BCUT2D eigenvalue weighted by atomic mass is 16.5. The molecule has 0 spiro atoms. The topological polar surface area (TPSA) is 74.3 Å². The van der Waals surface area contributed by atoms with Crippen molar-refractivity contribution in [3.63, 3.8) is 0 Å². The van der Waals surface area contributed by atoms with Crippen molar-refractivity contribution in [2.24, 2.45) is 5.84 Å². The minimum Gasteiger partial charge on any atom is -0.493 e. The molecular weight excluding hydrogens is 244 g/mol. The van der Waals surface area contributed by atoms with Crippen molar-refractivity contribution in [2.45, 2.75) is 51.3 Å². The molecule has 0 aromatic carbocycles. The number of ether oxygens (including phenoxy) is 2. The van der Waals surface area contributed by atoms with Gasteiger partial charge in [0.2, 0.25) is 0 Å². The molecule has 6 nitrogen and oxygen atoms in total. The summed E-state index contributed by atoms with van der Waals surface area (Å²) in [4.78, 5) is 0. The van der Waals surface area contributed by atoms with Crippen LogP contribution in [0.4, 0.5) is 0 Å². The third kappa shape index (κ3) is 3.26. The van der Waals surface area contributed by atoms with Crippen molar-refractivity contribution in [1.82, 2.24) is 15.2 Å². The van der Waals surface area contributed by atoms with Crippen LogP contribution in [0, 0.1) is 0 Å². The SMILES string of the molecule is CCCn1ncc(OC)c1C(CC1CCCO1)NN. The van der Waals surface area contributed by atoms with Crippen LogP contribution in [0.2, 0.25) is 0 Å². The molecule has 0 radical (unpaired) electrons. The monoisotopic (exact) mass is 268 g/mol. The molecule has 1 fully saturated rings. The number of rotatable bonds is 7. The normalized spacial score (nSPS) is 20.7. The van der Waals surface area contributed by atoms with Crippen LogP contribution in [0.5, 0.6) is 5.75 Å². The first-order valence-electron chi connectivity index (χ1n) is 6.97. The average molecular weight is 268 g/mol. The molecule has 1 aromatic rings. The predicted octanol–water partition coefficient (Wildman–Crippen LogP) is 1.38. The van der Waals surface area contributed by atoms with E-state index in [1.54, 1.807) is 13.3 Å². The Balaban J connectivity index is 2.17. The molecule has 2 atom stereocenters. The van der Waals surface area contributed by atoms with Gasteiger partial charge >= 0.3 is 0 Å². The summed E-state index contributed by atoms with van der Waals surface area (Å²) >= 11 is 0. The molecule has 2 unspecified atom stereocenters. The first-order chi connectivity index (χ1) is 9.30. The summed E-state index contributed by atoms with van der Waals surface area (Å²) in [5, 5.41) is 4.38. The number of hydrogen-bond donors (Lipinski definition) is 2. The lowest BCUT2D eigenvalue weighted by Gasteiger charge is -2.21. The first kappa shape index (κ1) is 14.3. The Morgan fingerprint density at radius 2 is 2.53 bits per heavy atom. The molecule has 6 heteroatoms. The van der Waals surface area contributed by atoms with Crippen LogP contribution < -0.4 is 16.0 Å². The van der Waals surface area contributed by atoms with Gasteiger partial charge in [-0.15, -0.1) is 0 Å². The fraction of sp³-hybridized carbons (Fsp3) is 0.769. The van der Waals surface area contributed by atoms with E-state index in [1.165, 1.54) is 0 Å². The number of hydrogen-bond acceptors (Lipinski definition) is 5. The Labute approximate surface area is 114 Å². The fourth-order valence-electron chi connectivity index (χ4n) is 2.63. The van der Waals surface area contributed by atoms with Gasteiger partial charge in [-0.3, -0.25) is 16.0 Å². The first-order valence-corrected chi connectivity index (χ1v) is 6.97. The van der Waals surface area contributed by atoms with Gasteiger partial charge in [-0.1, -0.05) is 6.92 Å². The lowest BCUT2D eigenvalue weighted by molar-refractivity contribution is 0.0932. The van der Waals surface area contributed by atoms with Gasteiger partial charge in [0.1, 0.15) is 0 Å². The average Bonchev–Trinajstić information content (AvgIpc) is 3.05. The van der Waals surface area contributed by atoms with E-state index in [4.69, 9.17) is 15.3 Å². The maximum atomic E-state index is 5.73. The van der Waals surface area contributed by atoms with E-state index >= 15 is 0 Å². The van der Waals surface area contributed by atoms with Gasteiger partial charge in [0.05, 0.1) is 31.1 Å². The van der Waals surface area contributed by atoms with Gasteiger partial charge < -0.3 is 9.47 Å². The lowest BCUT2D eigenvalue weighted by atomic mass is 10.0. The summed E-state index contributed by atoms with van der Waals surface area (Å²) in [6, 6.07) is 0.00657. The number of aryl methyl sites for hydroxylation is 1. The van der Waals surface area contributed by atoms with Gasteiger partial charge in [-0.25, -0.2) is 0 Å². The summed E-state index contributed by atoms with van der Waals surface area (Å²) in [7, 11) is 1.66. The van der Waals surface area contributed by atoms with E-state index in [0.29, 0.717) is 0 Å². The van der Waals surface area contributed by atoms with E-state index in [2.05, 4.69) is 17.4 Å². The Bertz CT molecular complexity index is 388. The molecule has 2 rings (SSSR count). The minimum atomic E-state index is 0.00657. The Morgan fingerprint density at radius 1 is 1.68 bits per heavy atom. The van der Waals surface area contributed by atoms with Crippen molar-refractivity contribution in [3.8, 4) is 5.75 Å².